The summed E-state index contributed by atoms with van der Waals surface area (Å²) in [5.74, 6) is 0.614. The highest BCUT2D eigenvalue weighted by atomic mass is 16.1. The van der Waals surface area contributed by atoms with E-state index in [0.717, 1.165) is 64.4 Å². The monoisotopic (exact) mass is 463 g/mol. The summed E-state index contributed by atoms with van der Waals surface area (Å²) < 4.78 is 1.84. The van der Waals surface area contributed by atoms with Crippen LogP contribution in [0, 0.1) is 0 Å². The maximum absolute atomic E-state index is 11.5. The Bertz CT molecular complexity index is 1530. The lowest BCUT2D eigenvalue weighted by atomic mass is 10.1. The Labute approximate surface area is 202 Å². The van der Waals surface area contributed by atoms with Crippen LogP contribution in [0.1, 0.15) is 6.42 Å². The molecule has 174 valence electrons. The third-order valence-electron chi connectivity index (χ3n) is 6.46. The molecule has 6 rings (SSSR count). The summed E-state index contributed by atoms with van der Waals surface area (Å²) >= 11 is 0. The lowest BCUT2D eigenvalue weighted by Gasteiger charge is -2.20. The van der Waals surface area contributed by atoms with E-state index in [1.165, 1.54) is 6.08 Å². The number of aromatic amines is 1. The molecule has 0 spiro atoms. The van der Waals surface area contributed by atoms with Crippen molar-refractivity contribution in [2.24, 2.45) is 0 Å². The molecule has 1 saturated heterocycles. The van der Waals surface area contributed by atoms with E-state index >= 15 is 0 Å². The van der Waals surface area contributed by atoms with Gasteiger partial charge in [-0.2, -0.15) is 0 Å². The van der Waals surface area contributed by atoms with Crippen LogP contribution >= 0.6 is 0 Å². The van der Waals surface area contributed by atoms with Gasteiger partial charge in [0.2, 0.25) is 5.91 Å². The molecule has 0 radical (unpaired) electrons. The molecule has 5 aromatic rings. The second-order valence-electron chi connectivity index (χ2n) is 8.70. The van der Waals surface area contributed by atoms with E-state index in [2.05, 4.69) is 56.3 Å². The normalized spacial score (nSPS) is 15.5. The summed E-state index contributed by atoms with van der Waals surface area (Å²) in [7, 11) is 0. The van der Waals surface area contributed by atoms with E-state index in [9.17, 15) is 4.79 Å². The number of H-pyrrole nitrogens is 1. The molecule has 4 heterocycles. The van der Waals surface area contributed by atoms with Gasteiger partial charge in [-0.25, -0.2) is 9.50 Å². The Balaban J connectivity index is 1.22. The van der Waals surface area contributed by atoms with Crippen molar-refractivity contribution in [1.29, 1.82) is 0 Å². The number of aromatic nitrogens is 4. The fraction of sp³-hybridized carbons (Fsp3) is 0.148. The van der Waals surface area contributed by atoms with Crippen LogP contribution in [-0.2, 0) is 4.79 Å². The number of para-hydroxylation sites is 1. The molecule has 0 aliphatic carbocycles. The number of nitrogens with zero attached hydrogens (tertiary/aromatic N) is 4. The molecule has 2 aromatic carbocycles. The summed E-state index contributed by atoms with van der Waals surface area (Å²) in [5.41, 5.74) is 5.96. The minimum Gasteiger partial charge on any atom is -0.369 e. The Kier molecular flexibility index (Phi) is 5.18. The van der Waals surface area contributed by atoms with Crippen molar-refractivity contribution < 1.29 is 4.79 Å². The van der Waals surface area contributed by atoms with Crippen molar-refractivity contribution >= 4 is 39.6 Å². The molecule has 1 amide bonds. The summed E-state index contributed by atoms with van der Waals surface area (Å²) in [5, 5.41) is 12.3. The van der Waals surface area contributed by atoms with Gasteiger partial charge in [-0.3, -0.25) is 4.79 Å². The van der Waals surface area contributed by atoms with Gasteiger partial charge in [-0.1, -0.05) is 24.8 Å². The Morgan fingerprint density at radius 1 is 1.14 bits per heavy atom. The number of amides is 1. The van der Waals surface area contributed by atoms with Crippen LogP contribution in [0.25, 0.3) is 27.7 Å². The van der Waals surface area contributed by atoms with Gasteiger partial charge in [0, 0.05) is 71.1 Å². The van der Waals surface area contributed by atoms with Crippen LogP contribution in [-0.4, -0.2) is 44.6 Å². The SMILES string of the molecule is C=CC(=O)Nc1ccc(N2CC[C@@H](Nc3cc(-c4c[nH]c5ccccc45)c4nccn4n3)C2)cc1. The van der Waals surface area contributed by atoms with E-state index in [4.69, 9.17) is 5.10 Å². The molecule has 35 heavy (non-hydrogen) atoms. The van der Waals surface area contributed by atoms with E-state index in [0.29, 0.717) is 0 Å². The molecular weight excluding hydrogens is 438 g/mol. The van der Waals surface area contributed by atoms with Gasteiger partial charge >= 0.3 is 0 Å². The fourth-order valence-corrected chi connectivity index (χ4v) is 4.75. The molecule has 1 atom stereocenters. The van der Waals surface area contributed by atoms with Crippen LogP contribution in [0.15, 0.2) is 85.8 Å². The molecule has 0 saturated carbocycles. The van der Waals surface area contributed by atoms with E-state index in [1.54, 1.807) is 6.20 Å². The fourth-order valence-electron chi connectivity index (χ4n) is 4.75. The zero-order valence-corrected chi connectivity index (χ0v) is 19.1. The van der Waals surface area contributed by atoms with Crippen LogP contribution in [0.4, 0.5) is 17.2 Å². The lowest BCUT2D eigenvalue weighted by molar-refractivity contribution is -0.111. The van der Waals surface area contributed by atoms with Crippen molar-refractivity contribution in [2.75, 3.05) is 28.6 Å². The summed E-state index contributed by atoms with van der Waals surface area (Å²) in [4.78, 5) is 21.8. The number of benzene rings is 2. The van der Waals surface area contributed by atoms with Gasteiger partial charge in [0.25, 0.3) is 0 Å². The highest BCUT2D eigenvalue weighted by Gasteiger charge is 2.24. The number of hydrogen-bond donors (Lipinski definition) is 3. The van der Waals surface area contributed by atoms with E-state index in [1.807, 2.05) is 47.2 Å². The van der Waals surface area contributed by atoms with E-state index < -0.39 is 0 Å². The Morgan fingerprint density at radius 2 is 2.00 bits per heavy atom. The molecule has 1 fully saturated rings. The number of anilines is 3. The molecule has 3 aromatic heterocycles. The first kappa shape index (κ1) is 21.0. The van der Waals surface area contributed by atoms with Crippen LogP contribution < -0.4 is 15.5 Å². The molecule has 0 bridgehead atoms. The lowest BCUT2D eigenvalue weighted by Crippen LogP contribution is -2.26. The minimum atomic E-state index is -0.211. The highest BCUT2D eigenvalue weighted by Crippen LogP contribution is 2.32. The molecule has 0 unspecified atom stereocenters. The average molecular weight is 464 g/mol. The number of carbonyl (C=O) groups excluding carboxylic acids is 1. The molecule has 1 aliphatic heterocycles. The number of imidazole rings is 1. The topological polar surface area (TPSA) is 90.4 Å². The molecule has 3 N–H and O–H groups in total. The third kappa shape index (κ3) is 3.99. The first-order chi connectivity index (χ1) is 17.2. The Hall–Kier alpha value is -4.59. The average Bonchev–Trinajstić information content (AvgIpc) is 3.64. The quantitative estimate of drug-likeness (QED) is 0.318. The van der Waals surface area contributed by atoms with Crippen molar-refractivity contribution in [3.8, 4) is 11.1 Å². The largest absolute Gasteiger partial charge is 0.369 e. The second-order valence-corrected chi connectivity index (χ2v) is 8.70. The number of nitrogens with one attached hydrogen (secondary N) is 3. The first-order valence-corrected chi connectivity index (χ1v) is 11.6. The number of carbonyl (C=O) groups is 1. The van der Waals surface area contributed by atoms with Gasteiger partial charge in [-0.15, -0.1) is 5.10 Å². The van der Waals surface area contributed by atoms with Gasteiger partial charge in [-0.05, 0) is 48.9 Å². The molecule has 8 heteroatoms. The van der Waals surface area contributed by atoms with E-state index in [-0.39, 0.29) is 11.9 Å². The summed E-state index contributed by atoms with van der Waals surface area (Å²) in [6, 6.07) is 18.5. The van der Waals surface area contributed by atoms with Crippen molar-refractivity contribution in [3.63, 3.8) is 0 Å². The number of rotatable bonds is 6. The predicted molar refractivity (Wildman–Crippen MR) is 140 cm³/mol. The zero-order valence-electron chi connectivity index (χ0n) is 19.1. The number of hydrogen-bond acceptors (Lipinski definition) is 5. The summed E-state index contributed by atoms with van der Waals surface area (Å²) in [6.45, 7) is 5.30. The maximum Gasteiger partial charge on any atom is 0.247 e. The number of fused-ring (bicyclic) bond motifs is 2. The maximum atomic E-state index is 11.5. The van der Waals surface area contributed by atoms with Crippen molar-refractivity contribution in [3.05, 3.63) is 85.8 Å². The van der Waals surface area contributed by atoms with Crippen molar-refractivity contribution in [1.82, 2.24) is 19.6 Å². The van der Waals surface area contributed by atoms with Crippen LogP contribution in [0.3, 0.4) is 0 Å². The van der Waals surface area contributed by atoms with Crippen molar-refractivity contribution in [2.45, 2.75) is 12.5 Å². The Morgan fingerprint density at radius 3 is 2.86 bits per heavy atom. The van der Waals surface area contributed by atoms with Crippen LogP contribution in [0.5, 0.6) is 0 Å². The second kappa shape index (κ2) is 8.64. The van der Waals surface area contributed by atoms with Gasteiger partial charge in [0.05, 0.1) is 0 Å². The minimum absolute atomic E-state index is 0.211. The zero-order chi connectivity index (χ0) is 23.8. The standard InChI is InChI=1S/C27H25N7O/c1-2-26(35)31-18-7-9-20(10-8-18)33-13-11-19(17-33)30-25-15-22(27-28-12-14-34(27)32-25)23-16-29-24-6-4-3-5-21(23)24/h2-10,12,14-16,19,29H,1,11,13,17H2,(H,30,32)(H,31,35)/t19-/m1/s1. The van der Waals surface area contributed by atoms with Crippen LogP contribution in [0.2, 0.25) is 0 Å². The molecule has 1 aliphatic rings. The summed E-state index contributed by atoms with van der Waals surface area (Å²) in [6.07, 6.45) is 7.97. The third-order valence-corrected chi connectivity index (χ3v) is 6.46. The van der Waals surface area contributed by atoms with Gasteiger partial charge in [0.15, 0.2) is 5.65 Å². The van der Waals surface area contributed by atoms with Gasteiger partial charge in [0.1, 0.15) is 5.82 Å². The van der Waals surface area contributed by atoms with Gasteiger partial charge < -0.3 is 20.5 Å². The highest BCUT2D eigenvalue weighted by molar-refractivity contribution is 5.99. The first-order valence-electron chi connectivity index (χ1n) is 11.6. The smallest absolute Gasteiger partial charge is 0.247 e. The molecule has 8 nitrogen and oxygen atoms in total. The molecular formula is C27H25N7O. The predicted octanol–water partition coefficient (Wildman–Crippen LogP) is 4.69.